The van der Waals surface area contributed by atoms with Crippen molar-refractivity contribution in [1.82, 2.24) is 10.2 Å². The summed E-state index contributed by atoms with van der Waals surface area (Å²) in [7, 11) is 1.62. The zero-order valence-corrected chi connectivity index (χ0v) is 15.6. The minimum atomic E-state index is -0.184. The minimum absolute atomic E-state index is 0.184. The predicted octanol–water partition coefficient (Wildman–Crippen LogP) is 4.20. The third-order valence-corrected chi connectivity index (χ3v) is 4.13. The highest BCUT2D eigenvalue weighted by Gasteiger charge is 2.18. The maximum absolute atomic E-state index is 12.8. The molecule has 0 spiro atoms. The third-order valence-electron chi connectivity index (χ3n) is 4.13. The smallest absolute Gasteiger partial charge is 0.278 e. The van der Waals surface area contributed by atoms with Crippen molar-refractivity contribution in [2.24, 2.45) is 0 Å². The van der Waals surface area contributed by atoms with Gasteiger partial charge in [0.05, 0.1) is 12.8 Å². The fourth-order valence-corrected chi connectivity index (χ4v) is 2.76. The van der Waals surface area contributed by atoms with E-state index in [9.17, 15) is 4.79 Å². The van der Waals surface area contributed by atoms with Crippen LogP contribution >= 0.6 is 0 Å². The number of nitrogens with zero attached hydrogens (tertiary/aromatic N) is 3. The molecule has 27 heavy (non-hydrogen) atoms. The topological polar surface area (TPSA) is 67.4 Å². The SMILES string of the molecule is CCN(C(=O)c1ccc(Nc2cc(C)ccc2OC)nn1)c1ccccc1. The summed E-state index contributed by atoms with van der Waals surface area (Å²) in [5.41, 5.74) is 3.02. The Morgan fingerprint density at radius 1 is 1.07 bits per heavy atom. The molecule has 1 N–H and O–H groups in total. The maximum atomic E-state index is 12.8. The summed E-state index contributed by atoms with van der Waals surface area (Å²) in [4.78, 5) is 14.4. The first kappa shape index (κ1) is 18.4. The lowest BCUT2D eigenvalue weighted by Gasteiger charge is -2.20. The van der Waals surface area contributed by atoms with Crippen LogP contribution in [-0.2, 0) is 0 Å². The molecule has 0 aliphatic carbocycles. The van der Waals surface area contributed by atoms with Crippen LogP contribution in [0.2, 0.25) is 0 Å². The van der Waals surface area contributed by atoms with Crippen LogP contribution in [0.5, 0.6) is 5.75 Å². The van der Waals surface area contributed by atoms with Gasteiger partial charge >= 0.3 is 0 Å². The lowest BCUT2D eigenvalue weighted by atomic mass is 10.2. The van der Waals surface area contributed by atoms with Crippen molar-refractivity contribution in [3.8, 4) is 5.75 Å². The fourth-order valence-electron chi connectivity index (χ4n) is 2.76. The van der Waals surface area contributed by atoms with Gasteiger partial charge in [-0.25, -0.2) is 0 Å². The molecule has 6 nitrogen and oxygen atoms in total. The van der Waals surface area contributed by atoms with Gasteiger partial charge in [0.15, 0.2) is 11.5 Å². The van der Waals surface area contributed by atoms with E-state index in [1.807, 2.05) is 62.4 Å². The number of rotatable bonds is 6. The molecule has 6 heteroatoms. The van der Waals surface area contributed by atoms with Gasteiger partial charge in [-0.05, 0) is 55.8 Å². The van der Waals surface area contributed by atoms with E-state index in [1.54, 1.807) is 24.1 Å². The van der Waals surface area contributed by atoms with Crippen LogP contribution < -0.4 is 15.0 Å². The lowest BCUT2D eigenvalue weighted by Crippen LogP contribution is -2.31. The van der Waals surface area contributed by atoms with E-state index in [4.69, 9.17) is 4.74 Å². The Bertz CT molecular complexity index is 911. The quantitative estimate of drug-likeness (QED) is 0.712. The molecule has 0 saturated heterocycles. The molecule has 0 unspecified atom stereocenters. The molecule has 1 aromatic heterocycles. The Labute approximate surface area is 158 Å². The first-order chi connectivity index (χ1) is 13.1. The first-order valence-corrected chi connectivity index (χ1v) is 8.74. The van der Waals surface area contributed by atoms with Crippen LogP contribution in [0.1, 0.15) is 23.0 Å². The molecule has 0 saturated carbocycles. The van der Waals surface area contributed by atoms with Gasteiger partial charge in [0.2, 0.25) is 0 Å². The van der Waals surface area contributed by atoms with Gasteiger partial charge in [-0.3, -0.25) is 4.79 Å². The van der Waals surface area contributed by atoms with Crippen molar-refractivity contribution in [2.45, 2.75) is 13.8 Å². The zero-order valence-electron chi connectivity index (χ0n) is 15.6. The normalized spacial score (nSPS) is 10.3. The van der Waals surface area contributed by atoms with Gasteiger partial charge in [0.25, 0.3) is 5.91 Å². The molecule has 0 fully saturated rings. The van der Waals surface area contributed by atoms with E-state index in [0.29, 0.717) is 23.8 Å². The minimum Gasteiger partial charge on any atom is -0.495 e. The summed E-state index contributed by atoms with van der Waals surface area (Å²) in [5, 5.41) is 11.4. The number of amides is 1. The van der Waals surface area contributed by atoms with Crippen molar-refractivity contribution in [3.63, 3.8) is 0 Å². The molecule has 0 atom stereocenters. The molecule has 3 aromatic rings. The Morgan fingerprint density at radius 2 is 1.85 bits per heavy atom. The molecule has 1 heterocycles. The second kappa shape index (κ2) is 8.31. The van der Waals surface area contributed by atoms with E-state index >= 15 is 0 Å². The highest BCUT2D eigenvalue weighted by atomic mass is 16.5. The van der Waals surface area contributed by atoms with Crippen molar-refractivity contribution < 1.29 is 9.53 Å². The van der Waals surface area contributed by atoms with Gasteiger partial charge in [0.1, 0.15) is 5.75 Å². The summed E-state index contributed by atoms with van der Waals surface area (Å²) < 4.78 is 5.36. The molecule has 1 amide bonds. The Kier molecular flexibility index (Phi) is 5.66. The summed E-state index contributed by atoms with van der Waals surface area (Å²) >= 11 is 0. The number of carbonyl (C=O) groups excluding carboxylic acids is 1. The molecule has 138 valence electrons. The summed E-state index contributed by atoms with van der Waals surface area (Å²) in [6.45, 7) is 4.48. The van der Waals surface area contributed by atoms with Crippen LogP contribution in [0.15, 0.2) is 60.7 Å². The number of hydrogen-bond acceptors (Lipinski definition) is 5. The van der Waals surface area contributed by atoms with E-state index in [1.165, 1.54) is 0 Å². The summed E-state index contributed by atoms with van der Waals surface area (Å²) in [6.07, 6.45) is 0. The molecule has 0 radical (unpaired) electrons. The second-order valence-corrected chi connectivity index (χ2v) is 6.02. The Hall–Kier alpha value is -3.41. The number of methoxy groups -OCH3 is 1. The van der Waals surface area contributed by atoms with E-state index in [0.717, 1.165) is 16.9 Å². The standard InChI is InChI=1S/C21H22N4O2/c1-4-25(16-8-6-5-7-9-16)21(26)17-11-13-20(24-23-17)22-18-14-15(2)10-12-19(18)27-3/h5-14H,4H2,1-3H3,(H,22,24). The Morgan fingerprint density at radius 3 is 2.48 bits per heavy atom. The molecule has 0 aliphatic heterocycles. The monoisotopic (exact) mass is 362 g/mol. The number of para-hydroxylation sites is 1. The lowest BCUT2D eigenvalue weighted by molar-refractivity contribution is 0.0982. The molecular weight excluding hydrogens is 340 g/mol. The van der Waals surface area contributed by atoms with Crippen molar-refractivity contribution in [3.05, 3.63) is 71.9 Å². The number of hydrogen-bond donors (Lipinski definition) is 1. The number of aryl methyl sites for hydroxylation is 1. The van der Waals surface area contributed by atoms with Crippen LogP contribution in [0.3, 0.4) is 0 Å². The van der Waals surface area contributed by atoms with Crippen LogP contribution in [-0.4, -0.2) is 29.8 Å². The van der Waals surface area contributed by atoms with Crippen molar-refractivity contribution in [2.75, 3.05) is 23.9 Å². The third kappa shape index (κ3) is 4.23. The second-order valence-electron chi connectivity index (χ2n) is 6.02. The predicted molar refractivity (Wildman–Crippen MR) is 107 cm³/mol. The van der Waals surface area contributed by atoms with Gasteiger partial charge in [-0.15, -0.1) is 10.2 Å². The van der Waals surface area contributed by atoms with Crippen molar-refractivity contribution >= 4 is 23.1 Å². The number of aromatic nitrogens is 2. The molecule has 2 aromatic carbocycles. The highest BCUT2D eigenvalue weighted by molar-refractivity contribution is 6.04. The average Bonchev–Trinajstić information content (AvgIpc) is 2.70. The van der Waals surface area contributed by atoms with Crippen LogP contribution in [0, 0.1) is 6.92 Å². The van der Waals surface area contributed by atoms with E-state index < -0.39 is 0 Å². The number of anilines is 3. The molecule has 3 rings (SSSR count). The maximum Gasteiger partial charge on any atom is 0.278 e. The molecular formula is C21H22N4O2. The van der Waals surface area contributed by atoms with Crippen molar-refractivity contribution in [1.29, 1.82) is 0 Å². The zero-order chi connectivity index (χ0) is 19.2. The van der Waals surface area contributed by atoms with Gasteiger partial charge in [-0.1, -0.05) is 24.3 Å². The first-order valence-electron chi connectivity index (χ1n) is 8.74. The number of benzene rings is 2. The van der Waals surface area contributed by atoms with Gasteiger partial charge < -0.3 is 15.0 Å². The number of nitrogens with one attached hydrogen (secondary N) is 1. The van der Waals surface area contributed by atoms with Crippen LogP contribution in [0.4, 0.5) is 17.2 Å². The summed E-state index contributed by atoms with van der Waals surface area (Å²) in [5.74, 6) is 1.07. The largest absolute Gasteiger partial charge is 0.495 e. The van der Waals surface area contributed by atoms with E-state index in [-0.39, 0.29) is 5.91 Å². The number of ether oxygens (including phenoxy) is 1. The fraction of sp³-hybridized carbons (Fsp3) is 0.190. The summed E-state index contributed by atoms with van der Waals surface area (Å²) in [6, 6.07) is 18.8. The molecule has 0 aliphatic rings. The average molecular weight is 362 g/mol. The van der Waals surface area contributed by atoms with Gasteiger partial charge in [-0.2, -0.15) is 0 Å². The van der Waals surface area contributed by atoms with E-state index in [2.05, 4.69) is 15.5 Å². The number of carbonyl (C=O) groups is 1. The van der Waals surface area contributed by atoms with Crippen LogP contribution in [0.25, 0.3) is 0 Å². The molecule has 0 bridgehead atoms. The highest BCUT2D eigenvalue weighted by Crippen LogP contribution is 2.27. The van der Waals surface area contributed by atoms with Gasteiger partial charge in [0, 0.05) is 12.2 Å². The Balaban J connectivity index is 1.79.